The summed E-state index contributed by atoms with van der Waals surface area (Å²) in [5.41, 5.74) is 11.0. The molecule has 0 aliphatic carbocycles. The van der Waals surface area contributed by atoms with Crippen LogP contribution in [0.5, 0.6) is 0 Å². The molecular formula is C21H25N5O. The van der Waals surface area contributed by atoms with Gasteiger partial charge in [-0.1, -0.05) is 36.9 Å². The Morgan fingerprint density at radius 3 is 2.70 bits per heavy atom. The Hall–Kier alpha value is -2.96. The highest BCUT2D eigenvalue weighted by atomic mass is 16.1. The smallest absolute Gasteiger partial charge is 0.243 e. The van der Waals surface area contributed by atoms with E-state index in [2.05, 4.69) is 51.3 Å². The molecule has 0 radical (unpaired) electrons. The lowest BCUT2D eigenvalue weighted by Gasteiger charge is -2.14. The van der Waals surface area contributed by atoms with E-state index in [0.29, 0.717) is 13.1 Å². The monoisotopic (exact) mass is 363 g/mol. The van der Waals surface area contributed by atoms with Crippen LogP contribution in [0.25, 0.3) is 22.0 Å². The molecule has 3 rings (SSSR count). The van der Waals surface area contributed by atoms with Gasteiger partial charge in [-0.05, 0) is 41.9 Å². The fourth-order valence-corrected chi connectivity index (χ4v) is 3.01. The van der Waals surface area contributed by atoms with Gasteiger partial charge < -0.3 is 11.1 Å². The molecule has 6 heteroatoms. The van der Waals surface area contributed by atoms with Crippen molar-refractivity contribution in [2.24, 2.45) is 5.73 Å². The van der Waals surface area contributed by atoms with Crippen molar-refractivity contribution < 1.29 is 4.79 Å². The number of nitrogens with one attached hydrogen (secondary N) is 2. The molecule has 0 fully saturated rings. The molecule has 0 aliphatic rings. The number of hydrogen-bond donors (Lipinski definition) is 3. The van der Waals surface area contributed by atoms with E-state index in [9.17, 15) is 4.79 Å². The molecular weight excluding hydrogens is 338 g/mol. The number of nitrogens with zero attached hydrogens (tertiary/aromatic N) is 2. The number of carbonyl (C=O) groups is 1. The second kappa shape index (κ2) is 8.62. The van der Waals surface area contributed by atoms with Crippen molar-refractivity contribution in [2.45, 2.75) is 13.1 Å². The number of amides is 1. The first-order valence-electron chi connectivity index (χ1n) is 8.96. The Kier molecular flexibility index (Phi) is 6.01. The van der Waals surface area contributed by atoms with E-state index in [1.165, 1.54) is 6.08 Å². The van der Waals surface area contributed by atoms with Crippen molar-refractivity contribution in [3.05, 3.63) is 66.4 Å². The van der Waals surface area contributed by atoms with Crippen LogP contribution in [-0.2, 0) is 17.9 Å². The molecule has 0 spiro atoms. The summed E-state index contributed by atoms with van der Waals surface area (Å²) in [5.74, 6) is -0.170. The van der Waals surface area contributed by atoms with Crippen molar-refractivity contribution in [1.29, 1.82) is 0 Å². The Morgan fingerprint density at radius 2 is 2.00 bits per heavy atom. The largest absolute Gasteiger partial charge is 0.348 e. The van der Waals surface area contributed by atoms with E-state index in [4.69, 9.17) is 5.73 Å². The maximum atomic E-state index is 11.3. The number of likely N-dealkylation sites (N-methyl/N-ethyl adjacent to an activating group) is 1. The van der Waals surface area contributed by atoms with Crippen molar-refractivity contribution in [3.63, 3.8) is 0 Å². The summed E-state index contributed by atoms with van der Waals surface area (Å²) in [6, 6.07) is 14.5. The average molecular weight is 363 g/mol. The van der Waals surface area contributed by atoms with Crippen LogP contribution in [-0.4, -0.2) is 41.1 Å². The average Bonchev–Trinajstić information content (AvgIpc) is 3.08. The van der Waals surface area contributed by atoms with Crippen LogP contribution in [0.4, 0.5) is 0 Å². The molecule has 140 valence electrons. The number of hydrogen-bond acceptors (Lipinski definition) is 4. The van der Waals surface area contributed by atoms with Crippen molar-refractivity contribution >= 4 is 16.8 Å². The van der Waals surface area contributed by atoms with E-state index in [1.807, 2.05) is 25.2 Å². The predicted molar refractivity (Wildman–Crippen MR) is 109 cm³/mol. The fraction of sp³-hybridized carbons (Fsp3) is 0.238. The fourth-order valence-electron chi connectivity index (χ4n) is 3.01. The third-order valence-electron chi connectivity index (χ3n) is 4.51. The van der Waals surface area contributed by atoms with Gasteiger partial charge in [0.1, 0.15) is 0 Å². The second-order valence-electron chi connectivity index (χ2n) is 6.58. The molecule has 3 aromatic rings. The topological polar surface area (TPSA) is 87.0 Å². The van der Waals surface area contributed by atoms with Gasteiger partial charge in [-0.3, -0.25) is 14.8 Å². The van der Waals surface area contributed by atoms with Crippen LogP contribution in [0, 0.1) is 0 Å². The van der Waals surface area contributed by atoms with E-state index in [-0.39, 0.29) is 5.91 Å². The Bertz CT molecular complexity index is 929. The second-order valence-corrected chi connectivity index (χ2v) is 6.58. The van der Waals surface area contributed by atoms with Crippen molar-refractivity contribution in [2.75, 3.05) is 20.1 Å². The maximum absolute atomic E-state index is 11.3. The first-order chi connectivity index (χ1) is 13.1. The molecule has 0 bridgehead atoms. The van der Waals surface area contributed by atoms with Crippen molar-refractivity contribution in [3.8, 4) is 11.1 Å². The number of H-pyrrole nitrogens is 1. The van der Waals surface area contributed by atoms with Gasteiger partial charge in [-0.2, -0.15) is 5.10 Å². The van der Waals surface area contributed by atoms with Gasteiger partial charge in [0.15, 0.2) is 0 Å². The number of aromatic amines is 1. The summed E-state index contributed by atoms with van der Waals surface area (Å²) in [6.07, 6.45) is 1.27. The minimum absolute atomic E-state index is 0.170. The van der Waals surface area contributed by atoms with Gasteiger partial charge in [0.05, 0.1) is 11.2 Å². The van der Waals surface area contributed by atoms with Crippen LogP contribution in [0.2, 0.25) is 0 Å². The highest BCUT2D eigenvalue weighted by molar-refractivity contribution is 5.87. The maximum Gasteiger partial charge on any atom is 0.243 e. The Balaban J connectivity index is 1.80. The van der Waals surface area contributed by atoms with Crippen LogP contribution >= 0.6 is 0 Å². The lowest BCUT2D eigenvalue weighted by Crippen LogP contribution is -2.25. The first-order valence-corrected chi connectivity index (χ1v) is 8.96. The van der Waals surface area contributed by atoms with Gasteiger partial charge in [0.25, 0.3) is 0 Å². The summed E-state index contributed by atoms with van der Waals surface area (Å²) in [4.78, 5) is 13.4. The first kappa shape index (κ1) is 18.8. The molecule has 0 unspecified atom stereocenters. The number of carbonyl (C=O) groups excluding carboxylic acids is 1. The van der Waals surface area contributed by atoms with E-state index < -0.39 is 0 Å². The lowest BCUT2D eigenvalue weighted by atomic mass is 10.0. The minimum atomic E-state index is -0.170. The zero-order valence-electron chi connectivity index (χ0n) is 15.5. The number of rotatable bonds is 8. The molecule has 6 nitrogen and oxygen atoms in total. The van der Waals surface area contributed by atoms with Gasteiger partial charge in [0, 0.05) is 31.6 Å². The number of nitrogens with two attached hydrogens (primary N) is 1. The van der Waals surface area contributed by atoms with E-state index >= 15 is 0 Å². The number of fused-ring (bicyclic) bond motifs is 1. The Morgan fingerprint density at radius 1 is 1.26 bits per heavy atom. The molecule has 0 atom stereocenters. The third-order valence-corrected chi connectivity index (χ3v) is 4.51. The minimum Gasteiger partial charge on any atom is -0.348 e. The van der Waals surface area contributed by atoms with Crippen LogP contribution in [0.1, 0.15) is 11.3 Å². The van der Waals surface area contributed by atoms with Gasteiger partial charge in [-0.25, -0.2) is 0 Å². The highest BCUT2D eigenvalue weighted by Crippen LogP contribution is 2.26. The Labute approximate surface area is 159 Å². The molecule has 1 amide bonds. The molecule has 1 aromatic heterocycles. The highest BCUT2D eigenvalue weighted by Gasteiger charge is 2.09. The number of benzene rings is 2. The summed E-state index contributed by atoms with van der Waals surface area (Å²) >= 11 is 0. The molecule has 4 N–H and O–H groups in total. The zero-order chi connectivity index (χ0) is 19.2. The van der Waals surface area contributed by atoms with Gasteiger partial charge in [-0.15, -0.1) is 0 Å². The molecule has 0 saturated carbocycles. The molecule has 0 aliphatic heterocycles. The summed E-state index contributed by atoms with van der Waals surface area (Å²) in [5, 5.41) is 11.4. The van der Waals surface area contributed by atoms with Crippen LogP contribution in [0.15, 0.2) is 55.1 Å². The normalized spacial score (nSPS) is 11.1. The molecule has 2 aromatic carbocycles. The predicted octanol–water partition coefficient (Wildman–Crippen LogP) is 2.42. The molecule has 27 heavy (non-hydrogen) atoms. The van der Waals surface area contributed by atoms with Gasteiger partial charge >= 0.3 is 0 Å². The SMILES string of the molecule is C=CC(=O)NCc1ccc(-c2ccc3n[nH]c(CN(C)CCN)c3c2)cc1. The third kappa shape index (κ3) is 4.61. The van der Waals surface area contributed by atoms with E-state index in [0.717, 1.165) is 46.4 Å². The lowest BCUT2D eigenvalue weighted by molar-refractivity contribution is -0.116. The standard InChI is InChI=1S/C21H25N5O/c1-3-21(27)23-13-15-4-6-16(7-5-15)17-8-9-19-18(12-17)20(25-24-19)14-26(2)11-10-22/h3-9,12H,1,10-11,13-14,22H2,2H3,(H,23,27)(H,24,25). The summed E-state index contributed by atoms with van der Waals surface area (Å²) < 4.78 is 0. The van der Waals surface area contributed by atoms with Gasteiger partial charge in [0.2, 0.25) is 5.91 Å². The quantitative estimate of drug-likeness (QED) is 0.537. The number of aromatic nitrogens is 2. The van der Waals surface area contributed by atoms with Crippen LogP contribution in [0.3, 0.4) is 0 Å². The summed E-state index contributed by atoms with van der Waals surface area (Å²) in [7, 11) is 2.05. The van der Waals surface area contributed by atoms with E-state index in [1.54, 1.807) is 0 Å². The molecule has 0 saturated heterocycles. The zero-order valence-corrected chi connectivity index (χ0v) is 15.5. The van der Waals surface area contributed by atoms with Crippen molar-refractivity contribution in [1.82, 2.24) is 20.4 Å². The summed E-state index contributed by atoms with van der Waals surface area (Å²) in [6.45, 7) is 6.19. The molecule has 1 heterocycles. The van der Waals surface area contributed by atoms with Crippen LogP contribution < -0.4 is 11.1 Å².